The maximum absolute atomic E-state index is 5.45. The molecule has 0 aliphatic rings. The van der Waals surface area contributed by atoms with Crippen LogP contribution in [0.4, 0.5) is 0 Å². The molecule has 0 saturated heterocycles. The van der Waals surface area contributed by atoms with Gasteiger partial charge >= 0.3 is 0 Å². The van der Waals surface area contributed by atoms with Crippen molar-refractivity contribution in [2.45, 2.75) is 26.4 Å². The Morgan fingerprint density at radius 3 is 2.48 bits per heavy atom. The number of hydrogen-bond acceptors (Lipinski definition) is 4. The number of nitrogens with one attached hydrogen (secondary N) is 1. The molecule has 2 atom stereocenters. The van der Waals surface area contributed by atoms with Gasteiger partial charge in [0.15, 0.2) is 16.5 Å². The topological polar surface area (TPSA) is 35.8 Å². The Bertz CT molecular complexity index is 842. The van der Waals surface area contributed by atoms with Gasteiger partial charge < -0.3 is 14.4 Å². The Kier molecular flexibility index (Phi) is 5.25. The van der Waals surface area contributed by atoms with Crippen molar-refractivity contribution < 1.29 is 14.4 Å². The third-order valence-electron chi connectivity index (χ3n) is 4.73. The fraction of sp³-hybridized carbons (Fsp3) is 0.350. The van der Waals surface area contributed by atoms with Crippen LogP contribution in [0.15, 0.2) is 36.4 Å². The average molecular weight is 357 g/mol. The van der Waals surface area contributed by atoms with E-state index in [1.54, 1.807) is 25.6 Å². The molecule has 3 rings (SSSR count). The zero-order chi connectivity index (χ0) is 18.0. The van der Waals surface area contributed by atoms with Crippen LogP contribution < -0.4 is 14.4 Å². The summed E-state index contributed by atoms with van der Waals surface area (Å²) in [6, 6.07) is 12.8. The van der Waals surface area contributed by atoms with Gasteiger partial charge in [0.05, 0.1) is 31.5 Å². The smallest absolute Gasteiger partial charge is 0.161 e. The third-order valence-corrected chi connectivity index (χ3v) is 5.95. The Morgan fingerprint density at radius 2 is 1.80 bits per heavy atom. The van der Waals surface area contributed by atoms with Crippen LogP contribution >= 0.6 is 11.3 Å². The number of hydrogen-bond donors (Lipinski definition) is 1. The molecule has 1 N–H and O–H groups in total. The zero-order valence-corrected chi connectivity index (χ0v) is 16.2. The van der Waals surface area contributed by atoms with E-state index in [0.717, 1.165) is 23.6 Å². The summed E-state index contributed by atoms with van der Waals surface area (Å²) >= 11 is 1.79. The summed E-state index contributed by atoms with van der Waals surface area (Å²) in [6.45, 7) is 5.26. The lowest BCUT2D eigenvalue weighted by Crippen LogP contribution is -3.07. The molecule has 4 nitrogen and oxygen atoms in total. The monoisotopic (exact) mass is 357 g/mol. The quantitative estimate of drug-likeness (QED) is 0.734. The standard InChI is InChI=1S/C20H24N2O2S/c1-13-10-17(23-4)18(24-5)11-15(13)12-22(3)14(2)20-21-16-8-6-7-9-19(16)25-20/h6-11,14H,12H2,1-5H3/p+1/t14-/m0/s1. The second-order valence-corrected chi connectivity index (χ2v) is 7.46. The Hall–Kier alpha value is -2.11. The van der Waals surface area contributed by atoms with Gasteiger partial charge in [-0.1, -0.05) is 12.1 Å². The molecule has 0 spiro atoms. The number of thiazole rings is 1. The third kappa shape index (κ3) is 3.62. The lowest BCUT2D eigenvalue weighted by atomic mass is 10.1. The van der Waals surface area contributed by atoms with Gasteiger partial charge in [-0.05, 0) is 43.7 Å². The molecule has 132 valence electrons. The highest BCUT2D eigenvalue weighted by molar-refractivity contribution is 7.18. The predicted octanol–water partition coefficient (Wildman–Crippen LogP) is 3.40. The van der Waals surface area contributed by atoms with Crippen LogP contribution in [0, 0.1) is 6.92 Å². The Morgan fingerprint density at radius 1 is 1.12 bits per heavy atom. The van der Waals surface area contributed by atoms with E-state index in [-0.39, 0.29) is 0 Å². The number of methoxy groups -OCH3 is 2. The molecule has 0 aliphatic carbocycles. The molecule has 0 fully saturated rings. The van der Waals surface area contributed by atoms with Crippen LogP contribution in [-0.2, 0) is 6.54 Å². The van der Waals surface area contributed by atoms with Crippen LogP contribution in [0.5, 0.6) is 11.5 Å². The van der Waals surface area contributed by atoms with Crippen LogP contribution in [0.1, 0.15) is 29.1 Å². The van der Waals surface area contributed by atoms with Crippen molar-refractivity contribution in [2.24, 2.45) is 0 Å². The van der Waals surface area contributed by atoms with Gasteiger partial charge in [-0.25, -0.2) is 4.98 Å². The van der Waals surface area contributed by atoms with E-state index in [0.29, 0.717) is 6.04 Å². The molecule has 25 heavy (non-hydrogen) atoms. The van der Waals surface area contributed by atoms with E-state index in [1.807, 2.05) is 12.1 Å². The van der Waals surface area contributed by atoms with Crippen LogP contribution in [0.25, 0.3) is 10.2 Å². The summed E-state index contributed by atoms with van der Waals surface area (Å²) in [4.78, 5) is 6.21. The first-order valence-corrected chi connectivity index (χ1v) is 9.24. The van der Waals surface area contributed by atoms with E-state index in [1.165, 1.54) is 25.7 Å². The highest BCUT2D eigenvalue weighted by Gasteiger charge is 2.21. The van der Waals surface area contributed by atoms with Crippen LogP contribution in [0.2, 0.25) is 0 Å². The highest BCUT2D eigenvalue weighted by atomic mass is 32.1. The molecule has 0 radical (unpaired) electrons. The van der Waals surface area contributed by atoms with E-state index < -0.39 is 0 Å². The summed E-state index contributed by atoms with van der Waals surface area (Å²) in [5.74, 6) is 1.56. The van der Waals surface area contributed by atoms with Crippen molar-refractivity contribution in [3.63, 3.8) is 0 Å². The number of quaternary nitrogens is 1. The van der Waals surface area contributed by atoms with Gasteiger partial charge in [0.1, 0.15) is 12.6 Å². The van der Waals surface area contributed by atoms with Crippen LogP contribution in [-0.4, -0.2) is 26.3 Å². The molecular weight excluding hydrogens is 332 g/mol. The number of nitrogens with zero attached hydrogens (tertiary/aromatic N) is 1. The molecule has 0 aliphatic heterocycles. The summed E-state index contributed by atoms with van der Waals surface area (Å²) in [5.41, 5.74) is 3.57. The summed E-state index contributed by atoms with van der Waals surface area (Å²) in [7, 11) is 5.56. The Labute approximate surface area is 153 Å². The van der Waals surface area contributed by atoms with Crippen LogP contribution in [0.3, 0.4) is 0 Å². The molecule has 0 bridgehead atoms. The first-order chi connectivity index (χ1) is 12.0. The second-order valence-electron chi connectivity index (χ2n) is 6.40. The molecule has 2 aromatic carbocycles. The minimum absolute atomic E-state index is 0.324. The molecule has 0 amide bonds. The molecule has 0 saturated carbocycles. The van der Waals surface area contributed by atoms with Crippen molar-refractivity contribution in [3.05, 3.63) is 52.5 Å². The molecule has 3 aromatic rings. The fourth-order valence-corrected chi connectivity index (χ4v) is 4.06. The minimum atomic E-state index is 0.324. The Balaban J connectivity index is 1.82. The predicted molar refractivity (Wildman–Crippen MR) is 103 cm³/mol. The van der Waals surface area contributed by atoms with Crippen molar-refractivity contribution >= 4 is 21.6 Å². The number of ether oxygens (including phenoxy) is 2. The second kappa shape index (κ2) is 7.42. The maximum atomic E-state index is 5.45. The van der Waals surface area contributed by atoms with Crippen molar-refractivity contribution in [1.82, 2.24) is 4.98 Å². The molecule has 1 aromatic heterocycles. The van der Waals surface area contributed by atoms with E-state index in [4.69, 9.17) is 14.5 Å². The molecule has 1 unspecified atom stereocenters. The number of para-hydroxylation sites is 1. The van der Waals surface area contributed by atoms with Gasteiger partial charge in [0.25, 0.3) is 0 Å². The van der Waals surface area contributed by atoms with E-state index >= 15 is 0 Å². The minimum Gasteiger partial charge on any atom is -0.493 e. The molecule has 1 heterocycles. The van der Waals surface area contributed by atoms with Crippen molar-refractivity contribution in [1.29, 1.82) is 0 Å². The fourth-order valence-electron chi connectivity index (χ4n) is 2.95. The zero-order valence-electron chi connectivity index (χ0n) is 15.4. The lowest BCUT2D eigenvalue weighted by Gasteiger charge is -2.21. The average Bonchev–Trinajstić information content (AvgIpc) is 3.06. The highest BCUT2D eigenvalue weighted by Crippen LogP contribution is 2.30. The summed E-state index contributed by atoms with van der Waals surface area (Å²) < 4.78 is 12.1. The van der Waals surface area contributed by atoms with Crippen molar-refractivity contribution in [3.8, 4) is 11.5 Å². The van der Waals surface area contributed by atoms with Gasteiger partial charge in [0.2, 0.25) is 0 Å². The first-order valence-electron chi connectivity index (χ1n) is 8.42. The maximum Gasteiger partial charge on any atom is 0.161 e. The SMILES string of the molecule is COc1cc(C)c(C[NH+](C)[C@@H](C)c2nc3ccccc3s2)cc1OC. The van der Waals surface area contributed by atoms with Gasteiger partial charge in [-0.3, -0.25) is 0 Å². The normalized spacial score (nSPS) is 13.6. The summed E-state index contributed by atoms with van der Waals surface area (Å²) in [6.07, 6.45) is 0. The molecular formula is C20H25N2O2S+. The van der Waals surface area contributed by atoms with Crippen molar-refractivity contribution in [2.75, 3.05) is 21.3 Å². The number of aryl methyl sites for hydroxylation is 1. The molecule has 5 heteroatoms. The van der Waals surface area contributed by atoms with Gasteiger partial charge in [0, 0.05) is 5.56 Å². The number of aromatic nitrogens is 1. The summed E-state index contributed by atoms with van der Waals surface area (Å²) in [5, 5.41) is 1.18. The van der Waals surface area contributed by atoms with E-state index in [9.17, 15) is 0 Å². The van der Waals surface area contributed by atoms with E-state index in [2.05, 4.69) is 45.2 Å². The largest absolute Gasteiger partial charge is 0.493 e. The number of fused-ring (bicyclic) bond motifs is 1. The number of rotatable bonds is 6. The lowest BCUT2D eigenvalue weighted by molar-refractivity contribution is -0.923. The first kappa shape index (κ1) is 17.7. The number of benzene rings is 2. The van der Waals surface area contributed by atoms with Gasteiger partial charge in [-0.15, -0.1) is 11.3 Å². The van der Waals surface area contributed by atoms with Gasteiger partial charge in [-0.2, -0.15) is 0 Å².